The topological polar surface area (TPSA) is 86.2 Å². The van der Waals surface area contributed by atoms with Crippen molar-refractivity contribution in [2.75, 3.05) is 61.3 Å². The van der Waals surface area contributed by atoms with Crippen molar-refractivity contribution >= 4 is 39.9 Å². The summed E-state index contributed by atoms with van der Waals surface area (Å²) < 4.78 is 2.05. The van der Waals surface area contributed by atoms with Gasteiger partial charge in [0.15, 0.2) is 11.5 Å². The van der Waals surface area contributed by atoms with E-state index in [1.54, 1.807) is 0 Å². The maximum absolute atomic E-state index is 5.01. The molecule has 2 aromatic heterocycles. The Morgan fingerprint density at radius 2 is 1.60 bits per heavy atom. The first-order chi connectivity index (χ1) is 19.6. The highest BCUT2D eigenvalue weighted by Gasteiger charge is 2.17. The van der Waals surface area contributed by atoms with E-state index in [1.807, 2.05) is 6.20 Å². The van der Waals surface area contributed by atoms with E-state index >= 15 is 0 Å². The number of rotatable bonds is 9. The summed E-state index contributed by atoms with van der Waals surface area (Å²) in [6, 6.07) is 14.9. The summed E-state index contributed by atoms with van der Waals surface area (Å²) in [6.45, 7) is 12.7. The average Bonchev–Trinajstić information content (AvgIpc) is 3.33. The van der Waals surface area contributed by atoms with Crippen molar-refractivity contribution < 1.29 is 0 Å². The molecule has 3 N–H and O–H groups in total. The third-order valence-corrected chi connectivity index (χ3v) is 8.11. The molecule has 0 unspecified atom stereocenters. The molecule has 0 aliphatic carbocycles. The van der Waals surface area contributed by atoms with Crippen LogP contribution in [0.15, 0.2) is 48.7 Å². The molecule has 2 saturated heterocycles. The van der Waals surface area contributed by atoms with Crippen LogP contribution in [0, 0.1) is 13.8 Å². The zero-order valence-electron chi connectivity index (χ0n) is 23.8. The van der Waals surface area contributed by atoms with E-state index in [9.17, 15) is 0 Å². The molecular formula is C31H41N9. The molecule has 9 nitrogen and oxygen atoms in total. The van der Waals surface area contributed by atoms with Gasteiger partial charge in [-0.1, -0.05) is 24.6 Å². The van der Waals surface area contributed by atoms with Gasteiger partial charge in [0, 0.05) is 56.0 Å². The first-order valence-corrected chi connectivity index (χ1v) is 14.8. The number of piperidine rings is 1. The number of anilines is 5. The third kappa shape index (κ3) is 6.05. The van der Waals surface area contributed by atoms with Gasteiger partial charge in [-0.25, -0.2) is 9.67 Å². The Bertz CT molecular complexity index is 1400. The van der Waals surface area contributed by atoms with Crippen LogP contribution in [0.4, 0.5) is 28.8 Å². The SMILES string of the molecule is Cc1cccc(C)c1Nc1nn(CCCN2CCCCC2)c2nc(Nc3ccc(N4CCNCC4)cc3)ncc12. The first-order valence-electron chi connectivity index (χ1n) is 14.8. The third-order valence-electron chi connectivity index (χ3n) is 8.11. The molecule has 2 fully saturated rings. The van der Waals surface area contributed by atoms with Crippen LogP contribution >= 0.6 is 0 Å². The molecular weight excluding hydrogens is 498 g/mol. The summed E-state index contributed by atoms with van der Waals surface area (Å²) in [7, 11) is 0. The van der Waals surface area contributed by atoms with Crippen molar-refractivity contribution in [2.24, 2.45) is 0 Å². The minimum atomic E-state index is 0.582. The Kier molecular flexibility index (Phi) is 8.11. The second-order valence-corrected chi connectivity index (χ2v) is 11.1. The molecule has 6 rings (SSSR count). The maximum atomic E-state index is 5.01. The number of nitrogens with one attached hydrogen (secondary N) is 3. The van der Waals surface area contributed by atoms with E-state index in [4.69, 9.17) is 10.1 Å². The van der Waals surface area contributed by atoms with Crippen molar-refractivity contribution in [1.29, 1.82) is 0 Å². The summed E-state index contributed by atoms with van der Waals surface area (Å²) in [4.78, 5) is 14.6. The highest BCUT2D eigenvalue weighted by atomic mass is 15.3. The number of benzene rings is 2. The van der Waals surface area contributed by atoms with Crippen LogP contribution in [0.5, 0.6) is 0 Å². The number of aryl methyl sites for hydroxylation is 3. The van der Waals surface area contributed by atoms with Gasteiger partial charge in [-0.15, -0.1) is 0 Å². The Morgan fingerprint density at radius 3 is 2.35 bits per heavy atom. The van der Waals surface area contributed by atoms with Crippen LogP contribution in [-0.4, -0.2) is 70.5 Å². The smallest absolute Gasteiger partial charge is 0.229 e. The Labute approximate surface area is 237 Å². The summed E-state index contributed by atoms with van der Waals surface area (Å²) >= 11 is 0. The van der Waals surface area contributed by atoms with Crippen LogP contribution < -0.4 is 20.9 Å². The molecule has 0 spiro atoms. The fourth-order valence-corrected chi connectivity index (χ4v) is 5.83. The van der Waals surface area contributed by atoms with E-state index in [2.05, 4.69) is 91.7 Å². The molecule has 0 atom stereocenters. The molecule has 0 radical (unpaired) electrons. The minimum absolute atomic E-state index is 0.582. The molecule has 0 bridgehead atoms. The van der Waals surface area contributed by atoms with Gasteiger partial charge >= 0.3 is 0 Å². The van der Waals surface area contributed by atoms with Gasteiger partial charge in [-0.05, 0) is 88.1 Å². The Morgan fingerprint density at radius 1 is 0.850 bits per heavy atom. The molecule has 9 heteroatoms. The van der Waals surface area contributed by atoms with Crippen LogP contribution in [0.25, 0.3) is 11.0 Å². The predicted molar refractivity (Wildman–Crippen MR) is 164 cm³/mol. The number of fused-ring (bicyclic) bond motifs is 1. The molecule has 0 amide bonds. The van der Waals surface area contributed by atoms with Crippen LogP contribution in [-0.2, 0) is 6.54 Å². The molecule has 2 aromatic carbocycles. The number of nitrogens with zero attached hydrogens (tertiary/aromatic N) is 6. The van der Waals surface area contributed by atoms with Crippen LogP contribution in [0.3, 0.4) is 0 Å². The number of piperazine rings is 1. The summed E-state index contributed by atoms with van der Waals surface area (Å²) in [6.07, 6.45) is 6.92. The normalized spacial score (nSPS) is 16.4. The second kappa shape index (κ2) is 12.2. The summed E-state index contributed by atoms with van der Waals surface area (Å²) in [5, 5.41) is 16.4. The predicted octanol–water partition coefficient (Wildman–Crippen LogP) is 5.22. The minimum Gasteiger partial charge on any atom is -0.369 e. The van der Waals surface area contributed by atoms with Crippen molar-refractivity contribution in [1.82, 2.24) is 30.0 Å². The van der Waals surface area contributed by atoms with Crippen LogP contribution in [0.2, 0.25) is 0 Å². The quantitative estimate of drug-likeness (QED) is 0.267. The number of hydrogen-bond acceptors (Lipinski definition) is 8. The van der Waals surface area contributed by atoms with E-state index in [0.29, 0.717) is 5.95 Å². The zero-order valence-corrected chi connectivity index (χ0v) is 23.8. The standard InChI is InChI=1S/C31H41N9/c1-23-8-6-9-24(2)28(23)35-29-27-22-33-31(34-25-10-12-26(13-11-25)39-20-14-32-15-21-39)36-30(27)40(37-29)19-7-18-38-16-4-3-5-17-38/h6,8-13,22,32H,3-5,7,14-21H2,1-2H3,(H,35,37)(H,33,34,36). The van der Waals surface area contributed by atoms with Gasteiger partial charge in [-0.3, -0.25) is 0 Å². The second-order valence-electron chi connectivity index (χ2n) is 11.1. The number of aromatic nitrogens is 4. The van der Waals surface area contributed by atoms with Gasteiger partial charge in [0.25, 0.3) is 0 Å². The van der Waals surface area contributed by atoms with E-state index in [-0.39, 0.29) is 0 Å². The molecule has 2 aliphatic heterocycles. The number of para-hydroxylation sites is 1. The van der Waals surface area contributed by atoms with E-state index < -0.39 is 0 Å². The van der Waals surface area contributed by atoms with Crippen molar-refractivity contribution in [3.8, 4) is 0 Å². The highest BCUT2D eigenvalue weighted by Crippen LogP contribution is 2.29. The molecule has 210 valence electrons. The zero-order chi connectivity index (χ0) is 27.3. The number of hydrogen-bond donors (Lipinski definition) is 3. The Balaban J connectivity index is 1.24. The first kappa shape index (κ1) is 26.5. The molecule has 40 heavy (non-hydrogen) atoms. The lowest BCUT2D eigenvalue weighted by molar-refractivity contribution is 0.222. The number of likely N-dealkylation sites (tertiary alicyclic amines) is 1. The lowest BCUT2D eigenvalue weighted by atomic mass is 10.1. The van der Waals surface area contributed by atoms with Crippen LogP contribution in [0.1, 0.15) is 36.8 Å². The molecule has 4 aromatic rings. The van der Waals surface area contributed by atoms with Gasteiger partial charge < -0.3 is 25.8 Å². The fourth-order valence-electron chi connectivity index (χ4n) is 5.83. The summed E-state index contributed by atoms with van der Waals surface area (Å²) in [5.41, 5.74) is 6.55. The summed E-state index contributed by atoms with van der Waals surface area (Å²) in [5.74, 6) is 1.38. The maximum Gasteiger partial charge on any atom is 0.229 e. The van der Waals surface area contributed by atoms with E-state index in [1.165, 1.54) is 49.2 Å². The van der Waals surface area contributed by atoms with Crippen molar-refractivity contribution in [3.63, 3.8) is 0 Å². The largest absolute Gasteiger partial charge is 0.369 e. The highest BCUT2D eigenvalue weighted by molar-refractivity contribution is 5.90. The molecule has 2 aliphatic rings. The van der Waals surface area contributed by atoms with Gasteiger partial charge in [0.2, 0.25) is 5.95 Å². The van der Waals surface area contributed by atoms with Gasteiger partial charge in [-0.2, -0.15) is 10.1 Å². The molecule has 4 heterocycles. The van der Waals surface area contributed by atoms with Crippen molar-refractivity contribution in [3.05, 3.63) is 59.8 Å². The van der Waals surface area contributed by atoms with E-state index in [0.717, 1.165) is 73.9 Å². The fraction of sp³-hybridized carbons (Fsp3) is 0.452. The lowest BCUT2D eigenvalue weighted by Gasteiger charge is -2.29. The van der Waals surface area contributed by atoms with Crippen molar-refractivity contribution in [2.45, 2.75) is 46.1 Å². The van der Waals surface area contributed by atoms with Gasteiger partial charge in [0.05, 0.1) is 5.39 Å². The Hall–Kier alpha value is -3.69. The van der Waals surface area contributed by atoms with Gasteiger partial charge in [0.1, 0.15) is 0 Å². The average molecular weight is 540 g/mol. The lowest BCUT2D eigenvalue weighted by Crippen LogP contribution is -2.43. The monoisotopic (exact) mass is 539 g/mol. The molecule has 0 saturated carbocycles.